The van der Waals surface area contributed by atoms with Crippen LogP contribution in [0.4, 0.5) is 5.69 Å². The van der Waals surface area contributed by atoms with Crippen molar-refractivity contribution in [1.82, 2.24) is 4.98 Å². The predicted molar refractivity (Wildman–Crippen MR) is 105 cm³/mol. The molecule has 1 amide bonds. The maximum atomic E-state index is 11.7. The van der Waals surface area contributed by atoms with Crippen LogP contribution >= 0.6 is 0 Å². The van der Waals surface area contributed by atoms with Crippen molar-refractivity contribution < 1.29 is 4.79 Å². The number of amides is 1. The third-order valence-electron chi connectivity index (χ3n) is 4.27. The number of nitrogens with zero attached hydrogens (tertiary/aromatic N) is 1. The van der Waals surface area contributed by atoms with Crippen molar-refractivity contribution in [3.05, 3.63) is 72.9 Å². The molecule has 3 nitrogen and oxygen atoms in total. The highest BCUT2D eigenvalue weighted by Gasteiger charge is 2.14. The fourth-order valence-electron chi connectivity index (χ4n) is 2.85. The number of aromatic nitrogens is 1. The molecule has 0 saturated heterocycles. The van der Waals surface area contributed by atoms with E-state index in [0.29, 0.717) is 0 Å². The van der Waals surface area contributed by atoms with Gasteiger partial charge in [0.25, 0.3) is 0 Å². The summed E-state index contributed by atoms with van der Waals surface area (Å²) < 4.78 is 0. The van der Waals surface area contributed by atoms with E-state index in [-0.39, 0.29) is 11.3 Å². The summed E-state index contributed by atoms with van der Waals surface area (Å²) in [5.41, 5.74) is 5.18. The number of anilines is 1. The molecule has 2 aromatic carbocycles. The van der Waals surface area contributed by atoms with Gasteiger partial charge in [-0.3, -0.25) is 9.78 Å². The van der Waals surface area contributed by atoms with Crippen LogP contribution in [0, 0.1) is 0 Å². The Hall–Kier alpha value is -2.94. The maximum Gasteiger partial charge on any atom is 0.247 e. The Bertz CT molecular complexity index is 934. The largest absolute Gasteiger partial charge is 0.322 e. The molecule has 1 aromatic heterocycles. The summed E-state index contributed by atoms with van der Waals surface area (Å²) in [7, 11) is 0. The average Bonchev–Trinajstić information content (AvgIpc) is 2.61. The summed E-state index contributed by atoms with van der Waals surface area (Å²) >= 11 is 0. The van der Waals surface area contributed by atoms with Crippen LogP contribution in [0.1, 0.15) is 26.3 Å². The predicted octanol–water partition coefficient (Wildman–Crippen LogP) is 5.32. The van der Waals surface area contributed by atoms with Gasteiger partial charge in [-0.25, -0.2) is 0 Å². The van der Waals surface area contributed by atoms with Gasteiger partial charge < -0.3 is 5.32 Å². The first kappa shape index (κ1) is 16.9. The lowest BCUT2D eigenvalue weighted by molar-refractivity contribution is -0.111. The summed E-state index contributed by atoms with van der Waals surface area (Å²) in [5.74, 6) is -0.229. The van der Waals surface area contributed by atoms with Crippen molar-refractivity contribution in [3.63, 3.8) is 0 Å². The summed E-state index contributed by atoms with van der Waals surface area (Å²) in [6, 6.07) is 16.3. The standard InChI is InChI=1S/C22H22N2O/c1-5-20(25)24-19-13-12-17(21-18(19)7-6-14-23-21)15-8-10-16(11-9-15)22(2,3)4/h5-14H,1H2,2-4H3,(H,24,25). The van der Waals surface area contributed by atoms with Gasteiger partial charge in [-0.2, -0.15) is 0 Å². The molecule has 0 radical (unpaired) electrons. The van der Waals surface area contributed by atoms with Crippen LogP contribution in [-0.2, 0) is 10.2 Å². The topological polar surface area (TPSA) is 42.0 Å². The van der Waals surface area contributed by atoms with Crippen molar-refractivity contribution in [1.29, 1.82) is 0 Å². The van der Waals surface area contributed by atoms with E-state index in [1.54, 1.807) is 6.20 Å². The van der Waals surface area contributed by atoms with E-state index in [1.807, 2.05) is 24.3 Å². The van der Waals surface area contributed by atoms with Crippen molar-refractivity contribution in [2.45, 2.75) is 26.2 Å². The number of fused-ring (bicyclic) bond motifs is 1. The zero-order valence-corrected chi connectivity index (χ0v) is 14.8. The number of carbonyl (C=O) groups is 1. The molecule has 0 saturated carbocycles. The molecular weight excluding hydrogens is 308 g/mol. The average molecular weight is 330 g/mol. The van der Waals surface area contributed by atoms with Crippen LogP contribution in [0.2, 0.25) is 0 Å². The minimum Gasteiger partial charge on any atom is -0.322 e. The maximum absolute atomic E-state index is 11.7. The van der Waals surface area contributed by atoms with Gasteiger partial charge in [-0.05, 0) is 40.8 Å². The fourth-order valence-corrected chi connectivity index (χ4v) is 2.85. The second-order valence-electron chi connectivity index (χ2n) is 7.08. The molecule has 126 valence electrons. The molecule has 0 atom stereocenters. The highest BCUT2D eigenvalue weighted by molar-refractivity contribution is 6.08. The first-order valence-corrected chi connectivity index (χ1v) is 8.32. The summed E-state index contributed by atoms with van der Waals surface area (Å²) in [6.07, 6.45) is 3.04. The van der Waals surface area contributed by atoms with Crippen molar-refractivity contribution in [2.24, 2.45) is 0 Å². The molecular formula is C22H22N2O. The van der Waals surface area contributed by atoms with E-state index < -0.39 is 0 Å². The Kier molecular flexibility index (Phi) is 4.41. The van der Waals surface area contributed by atoms with Crippen molar-refractivity contribution in [2.75, 3.05) is 5.32 Å². The second-order valence-corrected chi connectivity index (χ2v) is 7.08. The Labute approximate surface area is 148 Å². The number of carbonyl (C=O) groups excluding carboxylic acids is 1. The fraction of sp³-hybridized carbons (Fsp3) is 0.182. The highest BCUT2D eigenvalue weighted by atomic mass is 16.1. The molecule has 0 spiro atoms. The Morgan fingerprint density at radius 2 is 1.80 bits per heavy atom. The van der Waals surface area contributed by atoms with Gasteiger partial charge in [0, 0.05) is 17.1 Å². The molecule has 0 aliphatic carbocycles. The van der Waals surface area contributed by atoms with Gasteiger partial charge in [0.1, 0.15) is 0 Å². The lowest BCUT2D eigenvalue weighted by Crippen LogP contribution is -2.10. The summed E-state index contributed by atoms with van der Waals surface area (Å²) in [4.78, 5) is 16.2. The molecule has 3 rings (SSSR count). The highest BCUT2D eigenvalue weighted by Crippen LogP contribution is 2.33. The Morgan fingerprint density at radius 1 is 1.08 bits per heavy atom. The Morgan fingerprint density at radius 3 is 2.44 bits per heavy atom. The van der Waals surface area contributed by atoms with E-state index in [4.69, 9.17) is 0 Å². The molecule has 1 heterocycles. The number of pyridine rings is 1. The van der Waals surface area contributed by atoms with E-state index in [1.165, 1.54) is 11.6 Å². The van der Waals surface area contributed by atoms with Crippen LogP contribution in [0.5, 0.6) is 0 Å². The zero-order valence-electron chi connectivity index (χ0n) is 14.8. The number of benzene rings is 2. The number of hydrogen-bond acceptors (Lipinski definition) is 2. The number of rotatable bonds is 3. The number of nitrogens with one attached hydrogen (secondary N) is 1. The van der Waals surface area contributed by atoms with Crippen LogP contribution in [0.3, 0.4) is 0 Å². The zero-order chi connectivity index (χ0) is 18.0. The normalized spacial score (nSPS) is 11.3. The molecule has 3 heteroatoms. The second kappa shape index (κ2) is 6.52. The van der Waals surface area contributed by atoms with Crippen LogP contribution in [0.25, 0.3) is 22.0 Å². The van der Waals surface area contributed by atoms with E-state index in [2.05, 4.69) is 61.9 Å². The van der Waals surface area contributed by atoms with E-state index in [9.17, 15) is 4.79 Å². The monoisotopic (exact) mass is 330 g/mol. The molecule has 0 fully saturated rings. The van der Waals surface area contributed by atoms with Crippen LogP contribution in [-0.4, -0.2) is 10.9 Å². The first-order valence-electron chi connectivity index (χ1n) is 8.32. The minimum atomic E-state index is -0.229. The lowest BCUT2D eigenvalue weighted by atomic mass is 9.86. The quantitative estimate of drug-likeness (QED) is 0.660. The third-order valence-corrected chi connectivity index (χ3v) is 4.27. The summed E-state index contributed by atoms with van der Waals surface area (Å²) in [6.45, 7) is 10.1. The minimum absolute atomic E-state index is 0.123. The van der Waals surface area contributed by atoms with Gasteiger partial charge in [-0.1, -0.05) is 57.7 Å². The lowest BCUT2D eigenvalue weighted by Gasteiger charge is -2.19. The molecule has 0 aliphatic heterocycles. The molecule has 0 aliphatic rings. The van der Waals surface area contributed by atoms with Gasteiger partial charge in [0.15, 0.2) is 0 Å². The van der Waals surface area contributed by atoms with E-state index >= 15 is 0 Å². The van der Waals surface area contributed by atoms with Crippen LogP contribution < -0.4 is 5.32 Å². The van der Waals surface area contributed by atoms with Crippen LogP contribution in [0.15, 0.2) is 67.4 Å². The van der Waals surface area contributed by atoms with Gasteiger partial charge in [0.05, 0.1) is 11.2 Å². The third kappa shape index (κ3) is 3.45. The van der Waals surface area contributed by atoms with Gasteiger partial charge in [-0.15, -0.1) is 0 Å². The van der Waals surface area contributed by atoms with Crippen molar-refractivity contribution in [3.8, 4) is 11.1 Å². The van der Waals surface area contributed by atoms with Gasteiger partial charge >= 0.3 is 0 Å². The Balaban J connectivity index is 2.10. The molecule has 1 N–H and O–H groups in total. The van der Waals surface area contributed by atoms with Gasteiger partial charge in [0.2, 0.25) is 5.91 Å². The molecule has 3 aromatic rings. The molecule has 0 unspecified atom stereocenters. The smallest absolute Gasteiger partial charge is 0.247 e. The summed E-state index contributed by atoms with van der Waals surface area (Å²) in [5, 5.41) is 3.76. The SMILES string of the molecule is C=CC(=O)Nc1ccc(-c2ccc(C(C)(C)C)cc2)c2ncccc12. The van der Waals surface area contributed by atoms with E-state index in [0.717, 1.165) is 27.7 Å². The molecule has 0 bridgehead atoms. The molecule has 25 heavy (non-hydrogen) atoms. The number of hydrogen-bond donors (Lipinski definition) is 1. The van der Waals surface area contributed by atoms with Crippen molar-refractivity contribution >= 4 is 22.5 Å². The first-order chi connectivity index (χ1) is 11.9.